The van der Waals surface area contributed by atoms with Crippen molar-refractivity contribution in [1.29, 1.82) is 0 Å². The number of hydrogen-bond donors (Lipinski definition) is 1. The lowest BCUT2D eigenvalue weighted by Gasteiger charge is -2.34. The number of hydrogen-bond acceptors (Lipinski definition) is 4. The third-order valence-corrected chi connectivity index (χ3v) is 1.86. The van der Waals surface area contributed by atoms with Gasteiger partial charge in [0.25, 0.3) is 5.91 Å². The maximum Gasteiger partial charge on any atom is 0.258 e. The molecule has 0 spiro atoms. The van der Waals surface area contributed by atoms with Crippen LogP contribution < -0.4 is 0 Å². The quantitative estimate of drug-likeness (QED) is 0.391. The SMILES string of the molecule is CC(C)N1OC[C@@H](O)[C@H](N=[N+]=[N-])C1=O. The smallest absolute Gasteiger partial charge is 0.258 e. The molecule has 1 aliphatic heterocycles. The first-order chi connectivity index (χ1) is 6.57. The molecule has 0 radical (unpaired) electrons. The Hall–Kier alpha value is -1.30. The summed E-state index contributed by atoms with van der Waals surface area (Å²) >= 11 is 0. The molecule has 0 bridgehead atoms. The van der Waals surface area contributed by atoms with Crippen LogP contribution in [-0.2, 0) is 9.63 Å². The van der Waals surface area contributed by atoms with E-state index in [0.717, 1.165) is 5.06 Å². The molecule has 0 aromatic rings. The second kappa shape index (κ2) is 4.28. The fourth-order valence-corrected chi connectivity index (χ4v) is 1.19. The van der Waals surface area contributed by atoms with Crippen LogP contribution in [0.1, 0.15) is 13.8 Å². The zero-order chi connectivity index (χ0) is 10.7. The van der Waals surface area contributed by atoms with Gasteiger partial charge in [0.15, 0.2) is 0 Å². The summed E-state index contributed by atoms with van der Waals surface area (Å²) in [5.74, 6) is -0.503. The Labute approximate surface area is 80.8 Å². The highest BCUT2D eigenvalue weighted by Crippen LogP contribution is 2.15. The Morgan fingerprint density at radius 3 is 2.93 bits per heavy atom. The molecule has 0 aromatic heterocycles. The van der Waals surface area contributed by atoms with E-state index in [4.69, 9.17) is 10.4 Å². The van der Waals surface area contributed by atoms with Crippen molar-refractivity contribution in [3.8, 4) is 0 Å². The van der Waals surface area contributed by atoms with Crippen LogP contribution in [-0.4, -0.2) is 40.9 Å². The van der Waals surface area contributed by atoms with Gasteiger partial charge in [-0.1, -0.05) is 5.11 Å². The number of rotatable bonds is 2. The molecule has 78 valence electrons. The van der Waals surface area contributed by atoms with Crippen LogP contribution in [0.5, 0.6) is 0 Å². The van der Waals surface area contributed by atoms with E-state index in [1.54, 1.807) is 13.8 Å². The molecular weight excluding hydrogens is 188 g/mol. The summed E-state index contributed by atoms with van der Waals surface area (Å²) in [6.07, 6.45) is -1.06. The lowest BCUT2D eigenvalue weighted by molar-refractivity contribution is -0.227. The molecule has 0 aromatic carbocycles. The van der Waals surface area contributed by atoms with Crippen molar-refractivity contribution in [3.63, 3.8) is 0 Å². The summed E-state index contributed by atoms with van der Waals surface area (Å²) < 4.78 is 0. The number of carbonyl (C=O) groups excluding carboxylic acids is 1. The van der Waals surface area contributed by atoms with E-state index in [0.29, 0.717) is 0 Å². The maximum atomic E-state index is 11.5. The molecule has 0 aliphatic carbocycles. The number of amides is 1. The van der Waals surface area contributed by atoms with Gasteiger partial charge in [-0.15, -0.1) is 0 Å². The molecule has 1 saturated heterocycles. The maximum absolute atomic E-state index is 11.5. The van der Waals surface area contributed by atoms with Crippen molar-refractivity contribution in [2.75, 3.05) is 6.61 Å². The van der Waals surface area contributed by atoms with Crippen molar-refractivity contribution >= 4 is 5.91 Å². The normalized spacial score (nSPS) is 27.7. The van der Waals surface area contributed by atoms with Crippen LogP contribution in [0.15, 0.2) is 5.11 Å². The van der Waals surface area contributed by atoms with Gasteiger partial charge in [-0.3, -0.25) is 9.63 Å². The molecular formula is C7H12N4O3. The van der Waals surface area contributed by atoms with Crippen molar-refractivity contribution in [3.05, 3.63) is 10.4 Å². The lowest BCUT2D eigenvalue weighted by Crippen LogP contribution is -2.53. The molecule has 7 heteroatoms. The predicted octanol–water partition coefficient (Wildman–Crippen LogP) is 0.208. The minimum Gasteiger partial charge on any atom is -0.390 e. The lowest BCUT2D eigenvalue weighted by atomic mass is 10.1. The zero-order valence-corrected chi connectivity index (χ0v) is 7.99. The zero-order valence-electron chi connectivity index (χ0n) is 7.99. The third-order valence-electron chi connectivity index (χ3n) is 1.86. The molecule has 14 heavy (non-hydrogen) atoms. The van der Waals surface area contributed by atoms with Crippen molar-refractivity contribution in [2.24, 2.45) is 5.11 Å². The van der Waals surface area contributed by atoms with E-state index >= 15 is 0 Å². The summed E-state index contributed by atoms with van der Waals surface area (Å²) in [7, 11) is 0. The molecule has 1 fully saturated rings. The highest BCUT2D eigenvalue weighted by Gasteiger charge is 2.37. The van der Waals surface area contributed by atoms with Crippen LogP contribution in [0.2, 0.25) is 0 Å². The van der Waals surface area contributed by atoms with Gasteiger partial charge in [-0.2, -0.15) is 0 Å². The van der Waals surface area contributed by atoms with Crippen LogP contribution in [0.3, 0.4) is 0 Å². The number of hydroxylamine groups is 2. The van der Waals surface area contributed by atoms with Crippen LogP contribution in [0.4, 0.5) is 0 Å². The molecule has 7 nitrogen and oxygen atoms in total. The Balaban J connectivity index is 2.82. The fraction of sp³-hybridized carbons (Fsp3) is 0.857. The second-order valence-electron chi connectivity index (χ2n) is 3.27. The summed E-state index contributed by atoms with van der Waals surface area (Å²) in [5.41, 5.74) is 8.21. The van der Waals surface area contributed by atoms with E-state index in [2.05, 4.69) is 10.0 Å². The van der Waals surface area contributed by atoms with Gasteiger partial charge in [-0.25, -0.2) is 5.06 Å². The van der Waals surface area contributed by atoms with Crippen molar-refractivity contribution in [1.82, 2.24) is 5.06 Å². The summed E-state index contributed by atoms with van der Waals surface area (Å²) in [6.45, 7) is 3.50. The molecule has 0 unspecified atom stereocenters. The van der Waals surface area contributed by atoms with E-state index < -0.39 is 18.1 Å². The second-order valence-corrected chi connectivity index (χ2v) is 3.27. The number of nitrogens with zero attached hydrogens (tertiary/aromatic N) is 4. The Morgan fingerprint density at radius 2 is 2.43 bits per heavy atom. The van der Waals surface area contributed by atoms with Gasteiger partial charge in [0.1, 0.15) is 12.6 Å². The molecule has 1 aliphatic rings. The highest BCUT2D eigenvalue weighted by atomic mass is 16.7. The minimum absolute atomic E-state index is 0.0341. The number of carbonyl (C=O) groups is 1. The number of azide groups is 1. The van der Waals surface area contributed by atoms with Gasteiger partial charge in [0.2, 0.25) is 0 Å². The first-order valence-electron chi connectivity index (χ1n) is 4.26. The van der Waals surface area contributed by atoms with Gasteiger partial charge in [-0.05, 0) is 19.4 Å². The van der Waals surface area contributed by atoms with E-state index in [9.17, 15) is 9.90 Å². The molecule has 1 heterocycles. The van der Waals surface area contributed by atoms with Crippen molar-refractivity contribution in [2.45, 2.75) is 32.0 Å². The average molecular weight is 200 g/mol. The molecule has 0 saturated carbocycles. The fourth-order valence-electron chi connectivity index (χ4n) is 1.19. The molecule has 1 amide bonds. The van der Waals surface area contributed by atoms with E-state index in [1.165, 1.54) is 0 Å². The number of aliphatic hydroxyl groups excluding tert-OH is 1. The van der Waals surface area contributed by atoms with E-state index in [-0.39, 0.29) is 12.6 Å². The highest BCUT2D eigenvalue weighted by molar-refractivity contribution is 5.82. The van der Waals surface area contributed by atoms with Gasteiger partial charge in [0, 0.05) is 4.91 Å². The summed E-state index contributed by atoms with van der Waals surface area (Å²) in [5, 5.41) is 13.7. The van der Waals surface area contributed by atoms with Gasteiger partial charge < -0.3 is 5.11 Å². The van der Waals surface area contributed by atoms with E-state index in [1.807, 2.05) is 0 Å². The largest absolute Gasteiger partial charge is 0.390 e. The standard InChI is InChI=1S/C7H12N4O3/c1-4(2)11-7(13)6(9-10-8)5(12)3-14-11/h4-6,12H,3H2,1-2H3/t5-,6+/m1/s1. The van der Waals surface area contributed by atoms with Gasteiger partial charge in [0.05, 0.1) is 12.1 Å². The summed E-state index contributed by atoms with van der Waals surface area (Å²) in [6, 6.07) is -1.22. The van der Waals surface area contributed by atoms with Crippen molar-refractivity contribution < 1.29 is 14.7 Å². The average Bonchev–Trinajstić information content (AvgIpc) is 2.11. The molecule has 2 atom stereocenters. The Morgan fingerprint density at radius 1 is 1.79 bits per heavy atom. The monoisotopic (exact) mass is 200 g/mol. The predicted molar refractivity (Wildman–Crippen MR) is 46.9 cm³/mol. The topological polar surface area (TPSA) is 98.5 Å². The summed E-state index contributed by atoms with van der Waals surface area (Å²) in [4.78, 5) is 19.1. The van der Waals surface area contributed by atoms with Gasteiger partial charge >= 0.3 is 0 Å². The third kappa shape index (κ3) is 1.95. The van der Waals surface area contributed by atoms with Crippen LogP contribution in [0, 0.1) is 0 Å². The van der Waals surface area contributed by atoms with Crippen LogP contribution in [0.25, 0.3) is 10.4 Å². The first-order valence-corrected chi connectivity index (χ1v) is 4.26. The minimum atomic E-state index is -1.07. The first kappa shape index (κ1) is 10.8. The number of aliphatic hydroxyl groups is 1. The van der Waals surface area contributed by atoms with Crippen LogP contribution >= 0.6 is 0 Å². The Bertz CT molecular complexity index is 274. The molecule has 1 N–H and O–H groups in total. The Kier molecular flexibility index (Phi) is 3.29. The molecule has 1 rings (SSSR count).